The second kappa shape index (κ2) is 1.52. The van der Waals surface area contributed by atoms with Crippen molar-refractivity contribution in [3.8, 4) is 0 Å². The molecule has 0 aromatic rings. The van der Waals surface area contributed by atoms with Crippen LogP contribution in [0.5, 0.6) is 0 Å². The normalized spacial score (nSPS) is 23.4. The number of hydrogen-bond acceptors (Lipinski definition) is 2. The number of amides is 1. The molecule has 1 amide bonds. The van der Waals surface area contributed by atoms with Gasteiger partial charge >= 0.3 is 6.09 Å². The predicted molar refractivity (Wildman–Crippen MR) is 29.1 cm³/mol. The standard InChI is InChI=1S/C5H6FNO2/c1-5(2)3(6)7-4(8)9-5/h1-2H3. The molecule has 0 spiro atoms. The van der Waals surface area contributed by atoms with Crippen molar-refractivity contribution in [3.63, 3.8) is 0 Å². The smallest absolute Gasteiger partial charge is 0.433 e. The maximum absolute atomic E-state index is 12.4. The molecule has 4 heteroatoms. The van der Waals surface area contributed by atoms with Crippen LogP contribution >= 0.6 is 0 Å². The van der Waals surface area contributed by atoms with Gasteiger partial charge in [-0.3, -0.25) is 0 Å². The van der Waals surface area contributed by atoms with Gasteiger partial charge in [0.15, 0.2) is 5.60 Å². The Hall–Kier alpha value is -0.930. The Kier molecular flexibility index (Phi) is 1.05. The zero-order chi connectivity index (χ0) is 7.07. The number of nitrogens with zero attached hydrogens (tertiary/aromatic N) is 1. The minimum Gasteiger partial charge on any atom is -0.433 e. The maximum Gasteiger partial charge on any atom is 0.437 e. The largest absolute Gasteiger partial charge is 0.437 e. The fourth-order valence-electron chi connectivity index (χ4n) is 0.498. The highest BCUT2D eigenvalue weighted by Gasteiger charge is 2.36. The molecule has 0 aromatic carbocycles. The summed E-state index contributed by atoms with van der Waals surface area (Å²) in [5.74, 6) is -0.757. The summed E-state index contributed by atoms with van der Waals surface area (Å²) in [6.45, 7) is 2.88. The first-order valence-electron chi connectivity index (χ1n) is 2.50. The van der Waals surface area contributed by atoms with Crippen molar-refractivity contribution in [2.75, 3.05) is 0 Å². The molecule has 1 heterocycles. The van der Waals surface area contributed by atoms with Crippen LogP contribution < -0.4 is 0 Å². The summed E-state index contributed by atoms with van der Waals surface area (Å²) in [5, 5.41) is 0. The Bertz CT molecular complexity index is 185. The van der Waals surface area contributed by atoms with Crippen LogP contribution in [0.3, 0.4) is 0 Å². The first-order valence-corrected chi connectivity index (χ1v) is 2.50. The van der Waals surface area contributed by atoms with Gasteiger partial charge in [-0.2, -0.15) is 4.39 Å². The van der Waals surface area contributed by atoms with E-state index >= 15 is 0 Å². The summed E-state index contributed by atoms with van der Waals surface area (Å²) in [6.07, 6.45) is -0.850. The summed E-state index contributed by atoms with van der Waals surface area (Å²) in [5.41, 5.74) is -1.14. The zero-order valence-electron chi connectivity index (χ0n) is 5.14. The highest BCUT2D eigenvalue weighted by Crippen LogP contribution is 2.19. The highest BCUT2D eigenvalue weighted by atomic mass is 19.1. The minimum absolute atomic E-state index is 0.757. The Morgan fingerprint density at radius 2 is 2.22 bits per heavy atom. The third-order valence-corrected chi connectivity index (χ3v) is 1.03. The monoisotopic (exact) mass is 131 g/mol. The Balaban J connectivity index is 2.89. The van der Waals surface area contributed by atoms with Gasteiger partial charge < -0.3 is 4.74 Å². The van der Waals surface area contributed by atoms with E-state index in [9.17, 15) is 9.18 Å². The van der Waals surface area contributed by atoms with Crippen LogP contribution in [0.1, 0.15) is 13.8 Å². The summed E-state index contributed by atoms with van der Waals surface area (Å²) in [4.78, 5) is 13.1. The molecule has 1 rings (SSSR count). The molecule has 0 N–H and O–H groups in total. The fraction of sp³-hybridized carbons (Fsp3) is 0.600. The summed E-state index contributed by atoms with van der Waals surface area (Å²) in [7, 11) is 0. The van der Waals surface area contributed by atoms with E-state index in [1.165, 1.54) is 13.8 Å². The van der Waals surface area contributed by atoms with E-state index in [0.29, 0.717) is 0 Å². The predicted octanol–water partition coefficient (Wildman–Crippen LogP) is 1.28. The number of halogens is 1. The summed E-state index contributed by atoms with van der Waals surface area (Å²) >= 11 is 0. The average Bonchev–Trinajstić information content (AvgIpc) is 1.79. The molecule has 1 aliphatic rings. The second-order valence-electron chi connectivity index (χ2n) is 2.28. The molecule has 0 fully saturated rings. The molecule has 9 heavy (non-hydrogen) atoms. The number of carbonyl (C=O) groups is 1. The van der Waals surface area contributed by atoms with Crippen molar-refractivity contribution >= 4 is 12.1 Å². The van der Waals surface area contributed by atoms with Gasteiger partial charge in [0.25, 0.3) is 0 Å². The van der Waals surface area contributed by atoms with E-state index in [0.717, 1.165) is 0 Å². The second-order valence-corrected chi connectivity index (χ2v) is 2.28. The van der Waals surface area contributed by atoms with Crippen LogP contribution in [0, 0.1) is 0 Å². The van der Waals surface area contributed by atoms with Crippen molar-refractivity contribution in [2.45, 2.75) is 19.4 Å². The SMILES string of the molecule is CC1(C)OC(=O)N=C1F. The molecular formula is C5H6FNO2. The Morgan fingerprint density at radius 1 is 1.67 bits per heavy atom. The van der Waals surface area contributed by atoms with Gasteiger partial charge in [0.1, 0.15) is 0 Å². The quantitative estimate of drug-likeness (QED) is 0.496. The molecular weight excluding hydrogens is 125 g/mol. The van der Waals surface area contributed by atoms with Crippen molar-refractivity contribution in [2.24, 2.45) is 4.99 Å². The molecule has 0 radical (unpaired) electrons. The maximum atomic E-state index is 12.4. The fourth-order valence-corrected chi connectivity index (χ4v) is 0.498. The van der Waals surface area contributed by atoms with Gasteiger partial charge in [0, 0.05) is 0 Å². The molecule has 1 aliphatic heterocycles. The topological polar surface area (TPSA) is 38.7 Å². The van der Waals surface area contributed by atoms with Crippen molar-refractivity contribution in [1.82, 2.24) is 0 Å². The molecule has 0 bridgehead atoms. The lowest BCUT2D eigenvalue weighted by Crippen LogP contribution is -2.27. The molecule has 0 aromatic heterocycles. The van der Waals surface area contributed by atoms with E-state index in [-0.39, 0.29) is 0 Å². The molecule has 0 unspecified atom stereocenters. The van der Waals surface area contributed by atoms with Gasteiger partial charge in [-0.1, -0.05) is 0 Å². The first-order chi connectivity index (χ1) is 4.02. The lowest BCUT2D eigenvalue weighted by Gasteiger charge is -2.12. The number of hydrogen-bond donors (Lipinski definition) is 0. The van der Waals surface area contributed by atoms with Gasteiger partial charge in [0.05, 0.1) is 0 Å². The van der Waals surface area contributed by atoms with Crippen LogP contribution in [0.4, 0.5) is 9.18 Å². The third kappa shape index (κ3) is 0.918. The molecule has 0 saturated carbocycles. The van der Waals surface area contributed by atoms with E-state index in [4.69, 9.17) is 0 Å². The minimum atomic E-state index is -1.14. The van der Waals surface area contributed by atoms with Crippen LogP contribution in [0.25, 0.3) is 0 Å². The summed E-state index contributed by atoms with van der Waals surface area (Å²) < 4.78 is 16.8. The van der Waals surface area contributed by atoms with Gasteiger partial charge in [-0.25, -0.2) is 4.79 Å². The molecule has 0 atom stereocenters. The number of aliphatic imine (C=N–C) groups is 1. The van der Waals surface area contributed by atoms with Crippen LogP contribution in [-0.4, -0.2) is 17.7 Å². The van der Waals surface area contributed by atoms with Crippen LogP contribution in [0.15, 0.2) is 4.99 Å². The van der Waals surface area contributed by atoms with Crippen molar-refractivity contribution < 1.29 is 13.9 Å². The third-order valence-electron chi connectivity index (χ3n) is 1.03. The number of rotatable bonds is 0. The molecule has 3 nitrogen and oxygen atoms in total. The zero-order valence-corrected chi connectivity index (χ0v) is 5.14. The summed E-state index contributed by atoms with van der Waals surface area (Å²) in [6, 6.07) is 0. The van der Waals surface area contributed by atoms with Crippen molar-refractivity contribution in [1.29, 1.82) is 0 Å². The number of cyclic esters (lactones) is 1. The van der Waals surface area contributed by atoms with E-state index in [2.05, 4.69) is 9.73 Å². The van der Waals surface area contributed by atoms with Crippen LogP contribution in [0.2, 0.25) is 0 Å². The van der Waals surface area contributed by atoms with Crippen molar-refractivity contribution in [3.05, 3.63) is 0 Å². The Labute approximate surface area is 51.5 Å². The van der Waals surface area contributed by atoms with E-state index in [1.807, 2.05) is 0 Å². The van der Waals surface area contributed by atoms with Gasteiger partial charge in [-0.05, 0) is 13.8 Å². The van der Waals surface area contributed by atoms with Crippen LogP contribution in [-0.2, 0) is 4.74 Å². The number of ether oxygens (including phenoxy) is 1. The van der Waals surface area contributed by atoms with Gasteiger partial charge in [0.2, 0.25) is 5.97 Å². The van der Waals surface area contributed by atoms with E-state index < -0.39 is 17.7 Å². The highest BCUT2D eigenvalue weighted by molar-refractivity contribution is 5.98. The first kappa shape index (κ1) is 6.19. The molecule has 0 aliphatic carbocycles. The van der Waals surface area contributed by atoms with E-state index in [1.54, 1.807) is 0 Å². The molecule has 50 valence electrons. The van der Waals surface area contributed by atoms with Gasteiger partial charge in [-0.15, -0.1) is 4.99 Å². The number of carbonyl (C=O) groups excluding carboxylic acids is 1. The molecule has 0 saturated heterocycles. The lowest BCUT2D eigenvalue weighted by atomic mass is 10.1. The lowest BCUT2D eigenvalue weighted by molar-refractivity contribution is 0.102. The average molecular weight is 131 g/mol. The Morgan fingerprint density at radius 3 is 2.33 bits per heavy atom.